The zero-order chi connectivity index (χ0) is 13.1. The molecule has 0 unspecified atom stereocenters. The number of carbonyl (C=O) groups is 1. The summed E-state index contributed by atoms with van der Waals surface area (Å²) >= 11 is 0. The van der Waals surface area contributed by atoms with E-state index in [1.807, 2.05) is 30.1 Å². The largest absolute Gasteiger partial charge is 0.339 e. The van der Waals surface area contributed by atoms with Gasteiger partial charge >= 0.3 is 0 Å². The van der Waals surface area contributed by atoms with Crippen LogP contribution < -0.4 is 0 Å². The Morgan fingerprint density at radius 2 is 1.78 bits per heavy atom. The summed E-state index contributed by atoms with van der Waals surface area (Å²) in [4.78, 5) is 14.4. The van der Waals surface area contributed by atoms with Gasteiger partial charge in [0, 0.05) is 18.7 Å². The standard InChI is InChI=1S/C16H23NO/c1-12-9-10-14(11-13(12)2)16(18)17(3)15-7-5-4-6-8-15/h9-11,15H,4-8H2,1-3H3. The summed E-state index contributed by atoms with van der Waals surface area (Å²) < 4.78 is 0. The van der Waals surface area contributed by atoms with Crippen LogP contribution in [0.3, 0.4) is 0 Å². The molecule has 0 aliphatic heterocycles. The van der Waals surface area contributed by atoms with Gasteiger partial charge < -0.3 is 4.90 Å². The molecule has 18 heavy (non-hydrogen) atoms. The summed E-state index contributed by atoms with van der Waals surface area (Å²) in [6.07, 6.45) is 6.16. The number of hydrogen-bond acceptors (Lipinski definition) is 1. The van der Waals surface area contributed by atoms with Gasteiger partial charge in [-0.05, 0) is 49.9 Å². The second kappa shape index (κ2) is 5.55. The number of aryl methyl sites for hydroxylation is 2. The number of amides is 1. The van der Waals surface area contributed by atoms with Crippen LogP contribution in [0.25, 0.3) is 0 Å². The predicted molar refractivity (Wildman–Crippen MR) is 74.9 cm³/mol. The Bertz CT molecular complexity index is 433. The van der Waals surface area contributed by atoms with Crippen LogP contribution in [0.4, 0.5) is 0 Å². The van der Waals surface area contributed by atoms with Gasteiger partial charge in [-0.1, -0.05) is 25.3 Å². The normalized spacial score (nSPS) is 16.6. The highest BCUT2D eigenvalue weighted by molar-refractivity contribution is 5.94. The van der Waals surface area contributed by atoms with Gasteiger partial charge in [-0.3, -0.25) is 4.79 Å². The molecule has 0 N–H and O–H groups in total. The molecule has 2 nitrogen and oxygen atoms in total. The number of carbonyl (C=O) groups excluding carboxylic acids is 1. The summed E-state index contributed by atoms with van der Waals surface area (Å²) in [7, 11) is 1.95. The molecule has 0 bridgehead atoms. The zero-order valence-corrected chi connectivity index (χ0v) is 11.7. The van der Waals surface area contributed by atoms with Gasteiger partial charge in [0.05, 0.1) is 0 Å². The average molecular weight is 245 g/mol. The first-order valence-corrected chi connectivity index (χ1v) is 6.94. The Labute approximate surface area is 110 Å². The van der Waals surface area contributed by atoms with E-state index in [2.05, 4.69) is 13.8 Å². The van der Waals surface area contributed by atoms with Gasteiger partial charge in [-0.2, -0.15) is 0 Å². The number of benzene rings is 1. The molecule has 0 heterocycles. The van der Waals surface area contributed by atoms with Crippen LogP contribution >= 0.6 is 0 Å². The van der Waals surface area contributed by atoms with E-state index >= 15 is 0 Å². The fourth-order valence-electron chi connectivity index (χ4n) is 2.71. The van der Waals surface area contributed by atoms with E-state index in [9.17, 15) is 4.79 Å². The molecule has 0 saturated heterocycles. The molecule has 1 aliphatic rings. The van der Waals surface area contributed by atoms with Crippen molar-refractivity contribution in [3.8, 4) is 0 Å². The smallest absolute Gasteiger partial charge is 0.253 e. The van der Waals surface area contributed by atoms with Crippen LogP contribution in [0, 0.1) is 13.8 Å². The monoisotopic (exact) mass is 245 g/mol. The first-order chi connectivity index (χ1) is 8.59. The summed E-state index contributed by atoms with van der Waals surface area (Å²) in [6, 6.07) is 6.44. The molecule has 2 heteroatoms. The van der Waals surface area contributed by atoms with Crippen molar-refractivity contribution in [3.05, 3.63) is 34.9 Å². The van der Waals surface area contributed by atoms with E-state index in [-0.39, 0.29) is 5.91 Å². The molecule has 1 aromatic carbocycles. The number of hydrogen-bond donors (Lipinski definition) is 0. The Balaban J connectivity index is 2.11. The third-order valence-electron chi connectivity index (χ3n) is 4.20. The summed E-state index contributed by atoms with van der Waals surface area (Å²) in [5.74, 6) is 0.171. The molecule has 0 spiro atoms. The van der Waals surface area contributed by atoms with Gasteiger partial charge in [0.15, 0.2) is 0 Å². The van der Waals surface area contributed by atoms with Gasteiger partial charge in [-0.25, -0.2) is 0 Å². The highest BCUT2D eigenvalue weighted by atomic mass is 16.2. The molecule has 0 atom stereocenters. The fraction of sp³-hybridized carbons (Fsp3) is 0.562. The molecule has 1 aliphatic carbocycles. The molecule has 98 valence electrons. The zero-order valence-electron chi connectivity index (χ0n) is 11.7. The maximum atomic E-state index is 12.4. The maximum absolute atomic E-state index is 12.4. The van der Waals surface area contributed by atoms with E-state index in [1.54, 1.807) is 0 Å². The third-order valence-corrected chi connectivity index (χ3v) is 4.20. The Hall–Kier alpha value is -1.31. The fourth-order valence-corrected chi connectivity index (χ4v) is 2.71. The molecular weight excluding hydrogens is 222 g/mol. The van der Waals surface area contributed by atoms with Crippen LogP contribution in [0.5, 0.6) is 0 Å². The lowest BCUT2D eigenvalue weighted by molar-refractivity contribution is 0.0696. The first kappa shape index (κ1) is 13.1. The van der Waals surface area contributed by atoms with Crippen LogP contribution in [-0.2, 0) is 0 Å². The Kier molecular flexibility index (Phi) is 4.05. The lowest BCUT2D eigenvalue weighted by atomic mass is 9.94. The van der Waals surface area contributed by atoms with E-state index in [4.69, 9.17) is 0 Å². The van der Waals surface area contributed by atoms with Crippen molar-refractivity contribution in [1.82, 2.24) is 4.90 Å². The highest BCUT2D eigenvalue weighted by Gasteiger charge is 2.22. The molecular formula is C16H23NO. The van der Waals surface area contributed by atoms with Crippen molar-refractivity contribution in [3.63, 3.8) is 0 Å². The number of rotatable bonds is 2. The van der Waals surface area contributed by atoms with E-state index in [1.165, 1.54) is 30.4 Å². The van der Waals surface area contributed by atoms with Gasteiger partial charge in [0.25, 0.3) is 5.91 Å². The minimum Gasteiger partial charge on any atom is -0.339 e. The van der Waals surface area contributed by atoms with Gasteiger partial charge in [0.2, 0.25) is 0 Å². The van der Waals surface area contributed by atoms with Crippen LogP contribution in [-0.4, -0.2) is 23.9 Å². The molecule has 1 amide bonds. The molecule has 0 radical (unpaired) electrons. The minimum absolute atomic E-state index is 0.171. The van der Waals surface area contributed by atoms with Crippen molar-refractivity contribution in [2.24, 2.45) is 0 Å². The summed E-state index contributed by atoms with van der Waals surface area (Å²) in [5.41, 5.74) is 3.26. The predicted octanol–water partition coefficient (Wildman–Crippen LogP) is 3.71. The van der Waals surface area contributed by atoms with Crippen LogP contribution in [0.15, 0.2) is 18.2 Å². The lowest BCUT2D eigenvalue weighted by Gasteiger charge is -2.31. The van der Waals surface area contributed by atoms with Crippen molar-refractivity contribution in [2.75, 3.05) is 7.05 Å². The van der Waals surface area contributed by atoms with Gasteiger partial charge in [-0.15, -0.1) is 0 Å². The summed E-state index contributed by atoms with van der Waals surface area (Å²) in [6.45, 7) is 4.14. The van der Waals surface area contributed by atoms with Crippen molar-refractivity contribution in [2.45, 2.75) is 52.0 Å². The maximum Gasteiger partial charge on any atom is 0.253 e. The summed E-state index contributed by atoms with van der Waals surface area (Å²) in [5, 5.41) is 0. The van der Waals surface area contributed by atoms with Crippen molar-refractivity contribution in [1.29, 1.82) is 0 Å². The molecule has 2 rings (SSSR count). The molecule has 1 aromatic rings. The second-order valence-corrected chi connectivity index (χ2v) is 5.51. The SMILES string of the molecule is Cc1ccc(C(=O)N(C)C2CCCCC2)cc1C. The molecule has 1 saturated carbocycles. The van der Waals surface area contributed by atoms with Crippen molar-refractivity contribution >= 4 is 5.91 Å². The highest BCUT2D eigenvalue weighted by Crippen LogP contribution is 2.23. The van der Waals surface area contributed by atoms with Crippen molar-refractivity contribution < 1.29 is 4.79 Å². The minimum atomic E-state index is 0.171. The first-order valence-electron chi connectivity index (χ1n) is 6.94. The third kappa shape index (κ3) is 2.74. The van der Waals surface area contributed by atoms with E-state index < -0.39 is 0 Å². The topological polar surface area (TPSA) is 20.3 Å². The van der Waals surface area contributed by atoms with E-state index in [0.717, 1.165) is 18.4 Å². The molecule has 0 aromatic heterocycles. The Morgan fingerprint density at radius 3 is 2.39 bits per heavy atom. The lowest BCUT2D eigenvalue weighted by Crippen LogP contribution is -2.38. The molecule has 1 fully saturated rings. The second-order valence-electron chi connectivity index (χ2n) is 5.51. The quantitative estimate of drug-likeness (QED) is 0.778. The number of nitrogens with zero attached hydrogens (tertiary/aromatic N) is 1. The Morgan fingerprint density at radius 1 is 1.11 bits per heavy atom. The average Bonchev–Trinajstić information content (AvgIpc) is 2.41. The van der Waals surface area contributed by atoms with Crippen LogP contribution in [0.2, 0.25) is 0 Å². The van der Waals surface area contributed by atoms with E-state index in [0.29, 0.717) is 6.04 Å². The van der Waals surface area contributed by atoms with Crippen LogP contribution in [0.1, 0.15) is 53.6 Å². The van der Waals surface area contributed by atoms with Gasteiger partial charge in [0.1, 0.15) is 0 Å².